The molecule has 0 atom stereocenters. The van der Waals surface area contributed by atoms with Gasteiger partial charge in [0.15, 0.2) is 5.65 Å². The van der Waals surface area contributed by atoms with Gasteiger partial charge >= 0.3 is 0 Å². The van der Waals surface area contributed by atoms with E-state index < -0.39 is 0 Å². The molecule has 2 amide bonds. The van der Waals surface area contributed by atoms with Crippen LogP contribution in [0.25, 0.3) is 11.7 Å². The van der Waals surface area contributed by atoms with Crippen LogP contribution in [0.15, 0.2) is 42.1 Å². The quantitative estimate of drug-likeness (QED) is 0.417. The first-order valence-electron chi connectivity index (χ1n) is 9.73. The van der Waals surface area contributed by atoms with Gasteiger partial charge in [0.25, 0.3) is 5.91 Å². The van der Waals surface area contributed by atoms with E-state index in [9.17, 15) is 9.59 Å². The molecule has 152 valence electrons. The molecule has 3 heterocycles. The zero-order valence-corrected chi connectivity index (χ0v) is 16.7. The van der Waals surface area contributed by atoms with Crippen LogP contribution in [0.3, 0.4) is 0 Å². The molecule has 1 saturated heterocycles. The van der Waals surface area contributed by atoms with Crippen molar-refractivity contribution in [3.63, 3.8) is 0 Å². The minimum absolute atomic E-state index is 0.0673. The average molecular weight is 423 g/mol. The van der Waals surface area contributed by atoms with Gasteiger partial charge in [0.1, 0.15) is 11.6 Å². The lowest BCUT2D eigenvalue weighted by atomic mass is 10.1. The van der Waals surface area contributed by atoms with E-state index >= 15 is 0 Å². The molecular weight excluding hydrogens is 404 g/mol. The van der Waals surface area contributed by atoms with Gasteiger partial charge in [-0.05, 0) is 36.6 Å². The van der Waals surface area contributed by atoms with Crippen LogP contribution < -0.4 is 16.0 Å². The average Bonchev–Trinajstić information content (AvgIpc) is 3.36. The maximum absolute atomic E-state index is 11.9. The predicted octanol–water partition coefficient (Wildman–Crippen LogP) is 3.00. The monoisotopic (exact) mass is 422 g/mol. The number of carbonyl (C=O) groups is 2. The van der Waals surface area contributed by atoms with Crippen LogP contribution >= 0.6 is 11.6 Å². The van der Waals surface area contributed by atoms with Crippen molar-refractivity contribution < 1.29 is 9.59 Å². The highest BCUT2D eigenvalue weighted by Gasteiger charge is 2.25. The van der Waals surface area contributed by atoms with Gasteiger partial charge in [-0.15, -0.1) is 0 Å². The summed E-state index contributed by atoms with van der Waals surface area (Å²) in [7, 11) is 0. The molecule has 30 heavy (non-hydrogen) atoms. The predicted molar refractivity (Wildman–Crippen MR) is 114 cm³/mol. The van der Waals surface area contributed by atoms with Crippen LogP contribution in [0, 0.1) is 0 Å². The van der Waals surface area contributed by atoms with Gasteiger partial charge < -0.3 is 10.6 Å². The summed E-state index contributed by atoms with van der Waals surface area (Å²) in [5.74, 6) is 0.857. The van der Waals surface area contributed by atoms with Crippen LogP contribution in [-0.2, 0) is 16.1 Å². The van der Waals surface area contributed by atoms with Crippen molar-refractivity contribution in [2.24, 2.45) is 0 Å². The molecule has 1 aliphatic carbocycles. The molecular formula is C21H19ClN6O2. The van der Waals surface area contributed by atoms with E-state index in [0.29, 0.717) is 40.2 Å². The number of nitrogens with zero attached hydrogens (tertiary/aromatic N) is 3. The van der Waals surface area contributed by atoms with Crippen molar-refractivity contribution in [2.45, 2.75) is 31.8 Å². The van der Waals surface area contributed by atoms with Gasteiger partial charge in [0.05, 0.1) is 12.6 Å². The van der Waals surface area contributed by atoms with Crippen LogP contribution in [-0.4, -0.2) is 32.5 Å². The summed E-state index contributed by atoms with van der Waals surface area (Å²) in [6.07, 6.45) is 5.65. The maximum atomic E-state index is 11.9. The second-order valence-corrected chi connectivity index (χ2v) is 7.92. The number of anilines is 2. The van der Waals surface area contributed by atoms with Crippen molar-refractivity contribution in [2.75, 3.05) is 10.6 Å². The topological polar surface area (TPSA) is 100 Å². The third-order valence-corrected chi connectivity index (χ3v) is 5.29. The molecule has 1 aromatic carbocycles. The number of amides is 2. The van der Waals surface area contributed by atoms with Gasteiger partial charge in [0.2, 0.25) is 5.91 Å². The number of nitrogens with one attached hydrogen (secondary N) is 3. The van der Waals surface area contributed by atoms with Crippen molar-refractivity contribution in [1.29, 1.82) is 0 Å². The molecule has 1 aliphatic heterocycles. The largest absolute Gasteiger partial charge is 0.367 e. The Bertz CT molecular complexity index is 1180. The number of carbonyl (C=O) groups excluding carboxylic acids is 2. The SMILES string of the molecule is O=C1C/C(=C\c2cnn3c(NC4CC4)cc(NCc4ccc(Cl)cc4)nc23)C(=O)N1. The third kappa shape index (κ3) is 3.86. The number of aromatic nitrogens is 3. The number of imide groups is 1. The molecule has 3 aromatic rings. The lowest BCUT2D eigenvalue weighted by Crippen LogP contribution is -2.19. The number of hydrogen-bond acceptors (Lipinski definition) is 6. The second kappa shape index (κ2) is 7.46. The highest BCUT2D eigenvalue weighted by Crippen LogP contribution is 2.28. The van der Waals surface area contributed by atoms with Crippen LogP contribution in [0.1, 0.15) is 30.4 Å². The van der Waals surface area contributed by atoms with Crippen molar-refractivity contribution in [3.8, 4) is 0 Å². The zero-order valence-electron chi connectivity index (χ0n) is 16.0. The molecule has 0 unspecified atom stereocenters. The van der Waals surface area contributed by atoms with E-state index in [1.807, 2.05) is 30.3 Å². The first-order chi connectivity index (χ1) is 14.5. The Balaban J connectivity index is 1.49. The molecule has 2 aromatic heterocycles. The minimum atomic E-state index is -0.368. The number of hydrogen-bond donors (Lipinski definition) is 3. The summed E-state index contributed by atoms with van der Waals surface area (Å²) >= 11 is 5.96. The molecule has 8 nitrogen and oxygen atoms in total. The van der Waals surface area contributed by atoms with Crippen molar-refractivity contribution in [3.05, 3.63) is 58.3 Å². The normalized spacial score (nSPS) is 17.6. The number of halogens is 1. The van der Waals surface area contributed by atoms with E-state index in [4.69, 9.17) is 16.6 Å². The smallest absolute Gasteiger partial charge is 0.254 e. The Hall–Kier alpha value is -3.39. The summed E-state index contributed by atoms with van der Waals surface area (Å²) in [6, 6.07) is 9.98. The standard InChI is InChI=1S/C21H19ClN6O2/c22-15-3-1-12(2-4-15)10-23-17-9-18(25-16-5-6-16)28-20(26-17)14(11-24-28)7-13-8-19(29)27-21(13)30/h1-4,7,9,11,16,25H,5-6,8,10H2,(H,23,26)(H,27,29,30)/b13-7+. The van der Waals surface area contributed by atoms with Gasteiger partial charge in [-0.1, -0.05) is 23.7 Å². The maximum Gasteiger partial charge on any atom is 0.254 e. The Morgan fingerprint density at radius 1 is 1.23 bits per heavy atom. The fourth-order valence-electron chi connectivity index (χ4n) is 3.32. The van der Waals surface area contributed by atoms with Gasteiger partial charge in [-0.25, -0.2) is 4.98 Å². The Morgan fingerprint density at radius 3 is 2.73 bits per heavy atom. The molecule has 1 saturated carbocycles. The van der Waals surface area contributed by atoms with Gasteiger partial charge in [-0.3, -0.25) is 14.9 Å². The Morgan fingerprint density at radius 2 is 2.03 bits per heavy atom. The Labute approximate surface area is 177 Å². The second-order valence-electron chi connectivity index (χ2n) is 7.48. The van der Waals surface area contributed by atoms with Crippen LogP contribution in [0.5, 0.6) is 0 Å². The summed E-state index contributed by atoms with van der Waals surface area (Å²) < 4.78 is 1.73. The Kier molecular flexibility index (Phi) is 4.63. The van der Waals surface area contributed by atoms with E-state index in [1.54, 1.807) is 16.8 Å². The molecule has 2 aliphatic rings. The zero-order chi connectivity index (χ0) is 20.7. The van der Waals surface area contributed by atoms with E-state index in [0.717, 1.165) is 24.2 Å². The lowest BCUT2D eigenvalue weighted by molar-refractivity contribution is -0.124. The number of benzene rings is 1. The highest BCUT2D eigenvalue weighted by atomic mass is 35.5. The van der Waals surface area contributed by atoms with Crippen LogP contribution in [0.2, 0.25) is 5.02 Å². The molecule has 9 heteroatoms. The molecule has 0 spiro atoms. The van der Waals surface area contributed by atoms with Gasteiger partial charge in [-0.2, -0.15) is 9.61 Å². The van der Waals surface area contributed by atoms with E-state index in [-0.39, 0.29) is 18.2 Å². The minimum Gasteiger partial charge on any atom is -0.367 e. The molecule has 2 fully saturated rings. The first kappa shape index (κ1) is 18.6. The van der Waals surface area contributed by atoms with Crippen LogP contribution in [0.4, 0.5) is 11.6 Å². The molecule has 3 N–H and O–H groups in total. The summed E-state index contributed by atoms with van der Waals surface area (Å²) in [4.78, 5) is 28.1. The lowest BCUT2D eigenvalue weighted by Gasteiger charge is -2.12. The third-order valence-electron chi connectivity index (χ3n) is 5.04. The van der Waals surface area contributed by atoms with Crippen molar-refractivity contribution in [1.82, 2.24) is 19.9 Å². The number of rotatable bonds is 6. The van der Waals surface area contributed by atoms with E-state index in [1.165, 1.54) is 0 Å². The highest BCUT2D eigenvalue weighted by molar-refractivity contribution is 6.30. The summed E-state index contributed by atoms with van der Waals surface area (Å²) in [6.45, 7) is 0.588. The van der Waals surface area contributed by atoms with Crippen molar-refractivity contribution >= 4 is 46.8 Å². The van der Waals surface area contributed by atoms with E-state index in [2.05, 4.69) is 21.0 Å². The summed E-state index contributed by atoms with van der Waals surface area (Å²) in [5, 5.41) is 14.3. The first-order valence-corrected chi connectivity index (χ1v) is 10.1. The fraction of sp³-hybridized carbons (Fsp3) is 0.238. The number of fused-ring (bicyclic) bond motifs is 1. The molecule has 0 bridgehead atoms. The van der Waals surface area contributed by atoms with Gasteiger partial charge in [0, 0.05) is 34.8 Å². The summed E-state index contributed by atoms with van der Waals surface area (Å²) in [5.41, 5.74) is 2.78. The molecule has 0 radical (unpaired) electrons. The fourth-order valence-corrected chi connectivity index (χ4v) is 3.44. The molecule has 5 rings (SSSR count).